The van der Waals surface area contributed by atoms with Gasteiger partial charge in [0.1, 0.15) is 0 Å². The van der Waals surface area contributed by atoms with Crippen LogP contribution in [0.2, 0.25) is 0 Å². The summed E-state index contributed by atoms with van der Waals surface area (Å²) in [6.45, 7) is 1.93. The second-order valence-electron chi connectivity index (χ2n) is 6.21. The van der Waals surface area contributed by atoms with E-state index in [-0.39, 0.29) is 0 Å². The third kappa shape index (κ3) is 4.79. The van der Waals surface area contributed by atoms with E-state index < -0.39 is 0 Å². The van der Waals surface area contributed by atoms with Crippen LogP contribution in [0.1, 0.15) is 24.1 Å². The summed E-state index contributed by atoms with van der Waals surface area (Å²) in [7, 11) is 0. The molecular formula is C19H21N7S. The predicted molar refractivity (Wildman–Crippen MR) is 111 cm³/mol. The van der Waals surface area contributed by atoms with Gasteiger partial charge in [-0.05, 0) is 42.8 Å². The van der Waals surface area contributed by atoms with Gasteiger partial charge in [0.15, 0.2) is 0 Å². The van der Waals surface area contributed by atoms with Crippen molar-refractivity contribution in [1.82, 2.24) is 15.0 Å². The summed E-state index contributed by atoms with van der Waals surface area (Å²) in [5.41, 5.74) is 3.87. The number of para-hydroxylation sites is 1. The first-order valence-electron chi connectivity index (χ1n) is 9.02. The third-order valence-electron chi connectivity index (χ3n) is 4.19. The van der Waals surface area contributed by atoms with Gasteiger partial charge in [0.05, 0.1) is 6.21 Å². The molecule has 0 saturated carbocycles. The van der Waals surface area contributed by atoms with E-state index in [9.17, 15) is 0 Å². The van der Waals surface area contributed by atoms with E-state index >= 15 is 0 Å². The number of anilines is 4. The molecule has 27 heavy (non-hydrogen) atoms. The number of rotatable bonds is 6. The summed E-state index contributed by atoms with van der Waals surface area (Å²) in [6, 6.07) is 13.9. The Bertz CT molecular complexity index is 874. The first kappa shape index (κ1) is 17.4. The summed E-state index contributed by atoms with van der Waals surface area (Å²) in [5.74, 6) is 1.61. The van der Waals surface area contributed by atoms with Crippen LogP contribution in [0.25, 0.3) is 0 Å². The van der Waals surface area contributed by atoms with Gasteiger partial charge >= 0.3 is 0 Å². The summed E-state index contributed by atoms with van der Waals surface area (Å²) < 4.78 is 0. The molecule has 138 valence electrons. The fourth-order valence-corrected chi connectivity index (χ4v) is 3.46. The van der Waals surface area contributed by atoms with Crippen molar-refractivity contribution in [3.63, 3.8) is 0 Å². The van der Waals surface area contributed by atoms with Crippen LogP contribution in [0.3, 0.4) is 0 Å². The van der Waals surface area contributed by atoms with Crippen LogP contribution in [0, 0.1) is 0 Å². The van der Waals surface area contributed by atoms with Crippen molar-refractivity contribution in [1.29, 1.82) is 0 Å². The van der Waals surface area contributed by atoms with Crippen LogP contribution in [0.15, 0.2) is 52.9 Å². The zero-order valence-corrected chi connectivity index (χ0v) is 15.7. The molecule has 0 atom stereocenters. The number of benzene rings is 1. The second kappa shape index (κ2) is 8.59. The minimum absolute atomic E-state index is 0.428. The fourth-order valence-electron chi connectivity index (χ4n) is 2.87. The van der Waals surface area contributed by atoms with E-state index in [1.165, 1.54) is 6.42 Å². The highest BCUT2D eigenvalue weighted by Crippen LogP contribution is 2.20. The normalized spacial score (nSPS) is 14.4. The van der Waals surface area contributed by atoms with E-state index in [4.69, 9.17) is 0 Å². The van der Waals surface area contributed by atoms with E-state index in [2.05, 4.69) is 35.7 Å². The standard InChI is InChI=1S/C19H21N7S/c1-3-8-15(9-4-1)21-17-22-18(25-20-14-16-10-7-13-27-16)24-19(23-17)26-11-5-2-6-12-26/h1,3-4,7-10,13-14H,2,5-6,11-12H2,(H2,21,22,23,24,25). The molecule has 4 rings (SSSR count). The first-order valence-corrected chi connectivity index (χ1v) is 9.90. The van der Waals surface area contributed by atoms with Crippen LogP contribution in [0.4, 0.5) is 23.5 Å². The molecule has 1 aliphatic rings. The lowest BCUT2D eigenvalue weighted by molar-refractivity contribution is 0.568. The van der Waals surface area contributed by atoms with Crippen molar-refractivity contribution < 1.29 is 0 Å². The van der Waals surface area contributed by atoms with Gasteiger partial charge in [0, 0.05) is 23.7 Å². The molecule has 3 heterocycles. The molecule has 0 amide bonds. The molecule has 2 N–H and O–H groups in total. The van der Waals surface area contributed by atoms with Crippen molar-refractivity contribution in [3.8, 4) is 0 Å². The van der Waals surface area contributed by atoms with E-state index in [1.54, 1.807) is 17.6 Å². The number of aromatic nitrogens is 3. The first-order chi connectivity index (χ1) is 13.4. The smallest absolute Gasteiger partial charge is 0.250 e. The minimum Gasteiger partial charge on any atom is -0.341 e. The average molecular weight is 379 g/mol. The molecule has 2 aromatic heterocycles. The Hall–Kier alpha value is -3.00. The summed E-state index contributed by atoms with van der Waals surface area (Å²) in [6.07, 6.45) is 5.34. The van der Waals surface area contributed by atoms with Crippen LogP contribution >= 0.6 is 11.3 Å². The van der Waals surface area contributed by atoms with E-state index in [0.29, 0.717) is 17.8 Å². The van der Waals surface area contributed by atoms with E-state index in [1.807, 2.05) is 47.8 Å². The van der Waals surface area contributed by atoms with Gasteiger partial charge in [0.2, 0.25) is 17.8 Å². The maximum absolute atomic E-state index is 4.61. The molecule has 0 bridgehead atoms. The lowest BCUT2D eigenvalue weighted by atomic mass is 10.1. The highest BCUT2D eigenvalue weighted by Gasteiger charge is 2.16. The lowest BCUT2D eigenvalue weighted by Crippen LogP contribution is -2.31. The number of piperidine rings is 1. The van der Waals surface area contributed by atoms with Crippen molar-refractivity contribution in [2.75, 3.05) is 28.7 Å². The fraction of sp³-hybridized carbons (Fsp3) is 0.263. The SMILES string of the molecule is C(=NNc1nc(Nc2ccccc2)nc(N2CCCCC2)n1)c1cccs1. The van der Waals surface area contributed by atoms with Gasteiger partial charge in [-0.3, -0.25) is 0 Å². The Labute approximate surface area is 162 Å². The molecule has 3 aromatic rings. The molecule has 7 nitrogen and oxygen atoms in total. The Morgan fingerprint density at radius 1 is 0.926 bits per heavy atom. The topological polar surface area (TPSA) is 78.3 Å². The van der Waals surface area contributed by atoms with Crippen molar-refractivity contribution >= 4 is 41.1 Å². The zero-order valence-electron chi connectivity index (χ0n) is 14.9. The van der Waals surface area contributed by atoms with Crippen LogP contribution in [0.5, 0.6) is 0 Å². The molecule has 8 heteroatoms. The quantitative estimate of drug-likeness (QED) is 0.496. The Balaban J connectivity index is 1.57. The second-order valence-corrected chi connectivity index (χ2v) is 7.19. The molecule has 0 spiro atoms. The molecule has 0 unspecified atom stereocenters. The highest BCUT2D eigenvalue weighted by molar-refractivity contribution is 7.11. The van der Waals surface area contributed by atoms with Gasteiger partial charge in [-0.15, -0.1) is 11.3 Å². The van der Waals surface area contributed by atoms with Crippen molar-refractivity contribution in [2.45, 2.75) is 19.3 Å². The van der Waals surface area contributed by atoms with Crippen LogP contribution < -0.4 is 15.6 Å². The van der Waals surface area contributed by atoms with Crippen molar-refractivity contribution in [3.05, 3.63) is 52.7 Å². The van der Waals surface area contributed by atoms with Crippen LogP contribution in [-0.2, 0) is 0 Å². The lowest BCUT2D eigenvalue weighted by Gasteiger charge is -2.26. The maximum atomic E-state index is 4.61. The number of hydrogen-bond acceptors (Lipinski definition) is 8. The zero-order chi connectivity index (χ0) is 18.3. The molecule has 0 aliphatic carbocycles. The average Bonchev–Trinajstić information content (AvgIpc) is 3.23. The van der Waals surface area contributed by atoms with Crippen molar-refractivity contribution in [2.24, 2.45) is 5.10 Å². The van der Waals surface area contributed by atoms with Crippen LogP contribution in [-0.4, -0.2) is 34.3 Å². The van der Waals surface area contributed by atoms with Gasteiger partial charge in [0.25, 0.3) is 0 Å². The molecular weight excluding hydrogens is 358 g/mol. The molecule has 1 fully saturated rings. The molecule has 1 aliphatic heterocycles. The number of nitrogens with zero attached hydrogens (tertiary/aromatic N) is 5. The number of hydrazone groups is 1. The Morgan fingerprint density at radius 2 is 1.74 bits per heavy atom. The summed E-state index contributed by atoms with van der Waals surface area (Å²) >= 11 is 1.63. The number of hydrogen-bond donors (Lipinski definition) is 2. The number of thiophene rings is 1. The summed E-state index contributed by atoms with van der Waals surface area (Å²) in [4.78, 5) is 16.9. The monoisotopic (exact) mass is 379 g/mol. The molecule has 0 radical (unpaired) electrons. The highest BCUT2D eigenvalue weighted by atomic mass is 32.1. The van der Waals surface area contributed by atoms with Gasteiger partial charge in [-0.1, -0.05) is 24.3 Å². The van der Waals surface area contributed by atoms with Gasteiger partial charge in [-0.25, -0.2) is 5.43 Å². The molecule has 1 saturated heterocycles. The largest absolute Gasteiger partial charge is 0.341 e. The summed E-state index contributed by atoms with van der Waals surface area (Å²) in [5, 5.41) is 9.52. The van der Waals surface area contributed by atoms with Gasteiger partial charge in [-0.2, -0.15) is 20.1 Å². The van der Waals surface area contributed by atoms with Gasteiger partial charge < -0.3 is 10.2 Å². The maximum Gasteiger partial charge on any atom is 0.250 e. The Morgan fingerprint density at radius 3 is 2.52 bits per heavy atom. The Kier molecular flexibility index (Phi) is 5.54. The minimum atomic E-state index is 0.428. The number of nitrogens with one attached hydrogen (secondary N) is 2. The third-order valence-corrected chi connectivity index (χ3v) is 5.00. The van der Waals surface area contributed by atoms with E-state index in [0.717, 1.165) is 36.5 Å². The molecule has 1 aromatic carbocycles. The predicted octanol–water partition coefficient (Wildman–Crippen LogP) is 4.11.